The van der Waals surface area contributed by atoms with Crippen molar-refractivity contribution in [2.75, 3.05) is 5.73 Å². The van der Waals surface area contributed by atoms with Gasteiger partial charge in [-0.3, -0.25) is 0 Å². The number of rotatable bonds is 1. The third-order valence-corrected chi connectivity index (χ3v) is 2.13. The molecule has 0 saturated heterocycles. The van der Waals surface area contributed by atoms with Crippen LogP contribution >= 0.6 is 0 Å². The maximum absolute atomic E-state index is 13.5. The van der Waals surface area contributed by atoms with Gasteiger partial charge in [0.2, 0.25) is 0 Å². The molecule has 2 aromatic rings. The summed E-state index contributed by atoms with van der Waals surface area (Å²) in [4.78, 5) is 0. The molecule has 0 aliphatic rings. The second-order valence-corrected chi connectivity index (χ2v) is 3.88. The van der Waals surface area contributed by atoms with E-state index in [1.165, 1.54) is 13.8 Å². The Labute approximate surface area is 81.5 Å². The van der Waals surface area contributed by atoms with Crippen molar-refractivity contribution in [3.05, 3.63) is 30.0 Å². The van der Waals surface area contributed by atoms with Gasteiger partial charge in [0.05, 0.1) is 0 Å². The minimum atomic E-state index is -1.45. The Kier molecular flexibility index (Phi) is 1.77. The fourth-order valence-electron chi connectivity index (χ4n) is 1.35. The number of furan rings is 1. The molecule has 2 nitrogen and oxygen atoms in total. The minimum absolute atomic E-state index is 0.332. The van der Waals surface area contributed by atoms with Crippen LogP contribution < -0.4 is 5.73 Å². The molecule has 1 aromatic heterocycles. The Hall–Kier alpha value is -1.51. The lowest BCUT2D eigenvalue weighted by Gasteiger charge is -2.08. The lowest BCUT2D eigenvalue weighted by Crippen LogP contribution is -2.06. The highest BCUT2D eigenvalue weighted by Gasteiger charge is 2.23. The number of hydrogen-bond donors (Lipinski definition) is 1. The monoisotopic (exact) mass is 193 g/mol. The Morgan fingerprint density at radius 1 is 1.29 bits per heavy atom. The molecule has 0 aliphatic carbocycles. The zero-order valence-corrected chi connectivity index (χ0v) is 8.17. The fraction of sp³-hybridized carbons (Fsp3) is 0.273. The fourth-order valence-corrected chi connectivity index (χ4v) is 1.35. The Morgan fingerprint density at radius 2 is 2.00 bits per heavy atom. The zero-order valence-electron chi connectivity index (χ0n) is 8.17. The molecular weight excluding hydrogens is 181 g/mol. The summed E-state index contributed by atoms with van der Waals surface area (Å²) in [6.45, 7) is 2.93. The molecule has 14 heavy (non-hydrogen) atoms. The summed E-state index contributed by atoms with van der Waals surface area (Å²) in [6, 6.07) is 6.94. The normalized spacial score (nSPS) is 12.2. The molecule has 3 heteroatoms. The Morgan fingerprint density at radius 3 is 2.64 bits per heavy atom. The molecule has 0 aliphatic heterocycles. The molecular formula is C11H12FNO. The van der Waals surface area contributed by atoms with Crippen LogP contribution in [0.1, 0.15) is 19.6 Å². The molecule has 2 rings (SSSR count). The highest BCUT2D eigenvalue weighted by Crippen LogP contribution is 2.31. The van der Waals surface area contributed by atoms with Crippen molar-refractivity contribution in [3.8, 4) is 0 Å². The van der Waals surface area contributed by atoms with Crippen LogP contribution in [0.2, 0.25) is 0 Å². The summed E-state index contributed by atoms with van der Waals surface area (Å²) in [5.41, 5.74) is 5.48. The van der Waals surface area contributed by atoms with Crippen molar-refractivity contribution < 1.29 is 8.81 Å². The maximum atomic E-state index is 13.5. The summed E-state index contributed by atoms with van der Waals surface area (Å²) in [5, 5.41) is 0.839. The van der Waals surface area contributed by atoms with Crippen molar-refractivity contribution in [3.63, 3.8) is 0 Å². The summed E-state index contributed by atoms with van der Waals surface area (Å²) in [6.07, 6.45) is 0. The van der Waals surface area contributed by atoms with E-state index in [-0.39, 0.29) is 0 Å². The highest BCUT2D eigenvalue weighted by molar-refractivity contribution is 5.81. The molecule has 74 valence electrons. The second-order valence-electron chi connectivity index (χ2n) is 3.88. The molecule has 2 N–H and O–H groups in total. The molecule has 0 fully saturated rings. The third-order valence-electron chi connectivity index (χ3n) is 2.13. The number of nitrogen functional groups attached to an aromatic ring is 1. The van der Waals surface area contributed by atoms with Gasteiger partial charge in [0.15, 0.2) is 5.67 Å². The minimum Gasteiger partial charge on any atom is -0.458 e. The average Bonchev–Trinajstić information content (AvgIpc) is 2.45. The second kappa shape index (κ2) is 2.74. The van der Waals surface area contributed by atoms with Gasteiger partial charge in [-0.05, 0) is 38.1 Å². The first-order chi connectivity index (χ1) is 6.47. The van der Waals surface area contributed by atoms with Gasteiger partial charge in [0, 0.05) is 11.1 Å². The van der Waals surface area contributed by atoms with E-state index in [1.54, 1.807) is 24.3 Å². The topological polar surface area (TPSA) is 39.2 Å². The predicted molar refractivity (Wildman–Crippen MR) is 54.8 cm³/mol. The molecule has 0 unspecified atom stereocenters. The van der Waals surface area contributed by atoms with Crippen LogP contribution in [-0.4, -0.2) is 0 Å². The number of benzene rings is 1. The largest absolute Gasteiger partial charge is 0.458 e. The Bertz CT molecular complexity index is 468. The quantitative estimate of drug-likeness (QED) is 0.706. The standard InChI is InChI=1S/C11H12FNO/c1-11(2,12)10-6-7-5-8(13)3-4-9(7)14-10/h3-6H,13H2,1-2H3. The van der Waals surface area contributed by atoms with Crippen molar-refractivity contribution in [2.24, 2.45) is 0 Å². The molecule has 0 atom stereocenters. The van der Waals surface area contributed by atoms with Crippen LogP contribution in [0.4, 0.5) is 10.1 Å². The van der Waals surface area contributed by atoms with Crippen LogP contribution in [0.15, 0.2) is 28.7 Å². The number of halogens is 1. The van der Waals surface area contributed by atoms with Gasteiger partial charge in [-0.15, -0.1) is 0 Å². The van der Waals surface area contributed by atoms with Crippen LogP contribution in [0, 0.1) is 0 Å². The average molecular weight is 193 g/mol. The summed E-state index contributed by atoms with van der Waals surface area (Å²) in [5.74, 6) is 0.332. The van der Waals surface area contributed by atoms with Gasteiger partial charge in [-0.1, -0.05) is 0 Å². The Balaban J connectivity index is 2.63. The molecule has 0 saturated carbocycles. The van der Waals surface area contributed by atoms with E-state index >= 15 is 0 Å². The molecule has 0 radical (unpaired) electrons. The van der Waals surface area contributed by atoms with Gasteiger partial charge >= 0.3 is 0 Å². The highest BCUT2D eigenvalue weighted by atomic mass is 19.1. The summed E-state index contributed by atoms with van der Waals surface area (Å²) < 4.78 is 18.9. The van der Waals surface area contributed by atoms with Gasteiger partial charge in [0.1, 0.15) is 11.3 Å². The van der Waals surface area contributed by atoms with E-state index < -0.39 is 5.67 Å². The SMILES string of the molecule is CC(C)(F)c1cc2cc(N)ccc2o1. The lowest BCUT2D eigenvalue weighted by molar-refractivity contribution is 0.182. The van der Waals surface area contributed by atoms with E-state index in [0.29, 0.717) is 17.0 Å². The van der Waals surface area contributed by atoms with Crippen molar-refractivity contribution >= 4 is 16.7 Å². The lowest BCUT2D eigenvalue weighted by atomic mass is 10.1. The molecule has 0 spiro atoms. The predicted octanol–water partition coefficient (Wildman–Crippen LogP) is 3.22. The first kappa shape index (κ1) is 9.06. The van der Waals surface area contributed by atoms with Crippen LogP contribution in [0.3, 0.4) is 0 Å². The first-order valence-corrected chi connectivity index (χ1v) is 4.45. The molecule has 1 heterocycles. The van der Waals surface area contributed by atoms with Crippen molar-refractivity contribution in [1.82, 2.24) is 0 Å². The van der Waals surface area contributed by atoms with Gasteiger partial charge in [-0.25, -0.2) is 4.39 Å². The zero-order chi connectivity index (χ0) is 10.3. The summed E-state index contributed by atoms with van der Waals surface area (Å²) in [7, 11) is 0. The van der Waals surface area contributed by atoms with Crippen molar-refractivity contribution in [1.29, 1.82) is 0 Å². The van der Waals surface area contributed by atoms with Crippen LogP contribution in [0.5, 0.6) is 0 Å². The number of nitrogens with two attached hydrogens (primary N) is 1. The first-order valence-electron chi connectivity index (χ1n) is 4.45. The smallest absolute Gasteiger partial charge is 0.162 e. The van der Waals surface area contributed by atoms with Crippen molar-refractivity contribution in [2.45, 2.75) is 19.5 Å². The van der Waals surface area contributed by atoms with E-state index in [4.69, 9.17) is 10.2 Å². The molecule has 1 aromatic carbocycles. The van der Waals surface area contributed by atoms with Crippen LogP contribution in [0.25, 0.3) is 11.0 Å². The van der Waals surface area contributed by atoms with E-state index in [1.807, 2.05) is 0 Å². The van der Waals surface area contributed by atoms with Gasteiger partial charge < -0.3 is 10.2 Å². The number of alkyl halides is 1. The number of fused-ring (bicyclic) bond motifs is 1. The van der Waals surface area contributed by atoms with Gasteiger partial charge in [-0.2, -0.15) is 0 Å². The van der Waals surface area contributed by atoms with Crippen LogP contribution in [-0.2, 0) is 5.67 Å². The van der Waals surface area contributed by atoms with Gasteiger partial charge in [0.25, 0.3) is 0 Å². The molecule has 0 bridgehead atoms. The van der Waals surface area contributed by atoms with E-state index in [2.05, 4.69) is 0 Å². The number of anilines is 1. The molecule has 0 amide bonds. The summed E-state index contributed by atoms with van der Waals surface area (Å²) >= 11 is 0. The third kappa shape index (κ3) is 1.45. The maximum Gasteiger partial charge on any atom is 0.162 e. The van der Waals surface area contributed by atoms with E-state index in [9.17, 15) is 4.39 Å². The van der Waals surface area contributed by atoms with E-state index in [0.717, 1.165) is 5.39 Å². The number of hydrogen-bond acceptors (Lipinski definition) is 2.